The Hall–Kier alpha value is -1.18. The summed E-state index contributed by atoms with van der Waals surface area (Å²) in [6.07, 6.45) is 8.23. The van der Waals surface area contributed by atoms with Crippen LogP contribution in [0.25, 0.3) is 0 Å². The average molecular weight is 244 g/mol. The zero-order valence-corrected chi connectivity index (χ0v) is 11.3. The van der Waals surface area contributed by atoms with E-state index >= 15 is 0 Å². The lowest BCUT2D eigenvalue weighted by Crippen LogP contribution is -2.34. The molecule has 3 rings (SSSR count). The first-order valence-corrected chi connectivity index (χ1v) is 7.54. The van der Waals surface area contributed by atoms with Gasteiger partial charge in [0.1, 0.15) is 0 Å². The lowest BCUT2D eigenvalue weighted by Gasteiger charge is -2.36. The molecule has 0 saturated carbocycles. The quantitative estimate of drug-likeness (QED) is 0.783. The molecule has 2 fully saturated rings. The van der Waals surface area contributed by atoms with Crippen LogP contribution < -0.4 is 9.80 Å². The third kappa shape index (κ3) is 2.47. The van der Waals surface area contributed by atoms with E-state index in [4.69, 9.17) is 0 Å². The van der Waals surface area contributed by atoms with Crippen molar-refractivity contribution in [1.82, 2.24) is 0 Å². The summed E-state index contributed by atoms with van der Waals surface area (Å²) < 4.78 is 0. The third-order valence-corrected chi connectivity index (χ3v) is 4.28. The van der Waals surface area contributed by atoms with E-state index in [-0.39, 0.29) is 0 Å². The first kappa shape index (κ1) is 11.9. The van der Waals surface area contributed by atoms with E-state index in [2.05, 4.69) is 34.1 Å². The van der Waals surface area contributed by atoms with Gasteiger partial charge in [0.25, 0.3) is 0 Å². The third-order valence-electron chi connectivity index (χ3n) is 4.28. The Labute approximate surface area is 111 Å². The summed E-state index contributed by atoms with van der Waals surface area (Å²) in [6, 6.07) is 9.01. The molecule has 2 aliphatic heterocycles. The zero-order valence-electron chi connectivity index (χ0n) is 11.3. The molecule has 0 unspecified atom stereocenters. The van der Waals surface area contributed by atoms with Gasteiger partial charge in [0.2, 0.25) is 0 Å². The molecule has 0 aromatic heterocycles. The highest BCUT2D eigenvalue weighted by atomic mass is 15.2. The topological polar surface area (TPSA) is 6.48 Å². The monoisotopic (exact) mass is 244 g/mol. The lowest BCUT2D eigenvalue weighted by molar-refractivity contribution is 0.565. The van der Waals surface area contributed by atoms with Crippen molar-refractivity contribution in [1.29, 1.82) is 0 Å². The van der Waals surface area contributed by atoms with E-state index in [1.165, 1.54) is 76.1 Å². The van der Waals surface area contributed by atoms with Gasteiger partial charge in [-0.2, -0.15) is 0 Å². The van der Waals surface area contributed by atoms with Gasteiger partial charge in [-0.25, -0.2) is 0 Å². The van der Waals surface area contributed by atoms with Crippen LogP contribution in [0.15, 0.2) is 24.3 Å². The Bertz CT molecular complexity index is 339. The van der Waals surface area contributed by atoms with Gasteiger partial charge in [0.15, 0.2) is 0 Å². The van der Waals surface area contributed by atoms with Crippen LogP contribution in [0.5, 0.6) is 0 Å². The van der Waals surface area contributed by atoms with E-state index in [1.54, 1.807) is 0 Å². The molecule has 0 atom stereocenters. The van der Waals surface area contributed by atoms with Crippen LogP contribution in [0, 0.1) is 0 Å². The molecule has 2 heterocycles. The number of rotatable bonds is 2. The van der Waals surface area contributed by atoms with Crippen LogP contribution in [0.2, 0.25) is 0 Å². The van der Waals surface area contributed by atoms with Crippen molar-refractivity contribution < 1.29 is 0 Å². The molecule has 18 heavy (non-hydrogen) atoms. The number of piperidine rings is 2. The van der Waals surface area contributed by atoms with Crippen molar-refractivity contribution >= 4 is 11.4 Å². The number of hydrogen-bond acceptors (Lipinski definition) is 2. The van der Waals surface area contributed by atoms with E-state index in [0.717, 1.165) is 0 Å². The van der Waals surface area contributed by atoms with Gasteiger partial charge in [-0.05, 0) is 50.7 Å². The summed E-state index contributed by atoms with van der Waals surface area (Å²) in [4.78, 5) is 5.18. The fraction of sp³-hybridized carbons (Fsp3) is 0.625. The molecule has 2 nitrogen and oxygen atoms in total. The molecule has 0 radical (unpaired) electrons. The van der Waals surface area contributed by atoms with Gasteiger partial charge in [0, 0.05) is 26.2 Å². The molecular weight excluding hydrogens is 220 g/mol. The number of anilines is 2. The SMILES string of the molecule is c1ccc(N2CCCCC2)c(N2CCCCC2)c1. The molecule has 2 heteroatoms. The summed E-state index contributed by atoms with van der Waals surface area (Å²) in [5.74, 6) is 0. The van der Waals surface area contributed by atoms with Crippen molar-refractivity contribution in [3.8, 4) is 0 Å². The molecule has 2 aliphatic rings. The number of para-hydroxylation sites is 2. The molecule has 2 saturated heterocycles. The summed E-state index contributed by atoms with van der Waals surface area (Å²) in [5, 5.41) is 0. The van der Waals surface area contributed by atoms with Gasteiger partial charge in [-0.3, -0.25) is 0 Å². The van der Waals surface area contributed by atoms with Crippen LogP contribution >= 0.6 is 0 Å². The Kier molecular flexibility index (Phi) is 3.72. The molecule has 0 N–H and O–H groups in total. The predicted molar refractivity (Wildman–Crippen MR) is 78.6 cm³/mol. The average Bonchev–Trinajstić information content (AvgIpc) is 2.49. The van der Waals surface area contributed by atoms with Gasteiger partial charge in [-0.15, -0.1) is 0 Å². The van der Waals surface area contributed by atoms with Crippen LogP contribution in [0.3, 0.4) is 0 Å². The molecule has 0 aliphatic carbocycles. The van der Waals surface area contributed by atoms with Gasteiger partial charge >= 0.3 is 0 Å². The Morgan fingerprint density at radius 2 is 0.944 bits per heavy atom. The minimum atomic E-state index is 1.24. The molecular formula is C16H24N2. The number of nitrogens with zero attached hydrogens (tertiary/aromatic N) is 2. The van der Waals surface area contributed by atoms with E-state index in [9.17, 15) is 0 Å². The zero-order chi connectivity index (χ0) is 12.2. The van der Waals surface area contributed by atoms with Crippen molar-refractivity contribution in [3.63, 3.8) is 0 Å². The van der Waals surface area contributed by atoms with Gasteiger partial charge in [-0.1, -0.05) is 12.1 Å². The van der Waals surface area contributed by atoms with Crippen molar-refractivity contribution in [2.24, 2.45) is 0 Å². The highest BCUT2D eigenvalue weighted by Crippen LogP contribution is 2.32. The van der Waals surface area contributed by atoms with Crippen molar-refractivity contribution in [3.05, 3.63) is 24.3 Å². The maximum Gasteiger partial charge on any atom is 0.0604 e. The molecule has 1 aromatic rings. The molecule has 0 spiro atoms. The molecule has 0 amide bonds. The van der Waals surface area contributed by atoms with Crippen LogP contribution in [0.1, 0.15) is 38.5 Å². The minimum Gasteiger partial charge on any atom is -0.370 e. The maximum absolute atomic E-state index is 2.59. The second-order valence-electron chi connectivity index (χ2n) is 5.58. The number of hydrogen-bond donors (Lipinski definition) is 0. The molecule has 0 bridgehead atoms. The highest BCUT2D eigenvalue weighted by Gasteiger charge is 2.18. The highest BCUT2D eigenvalue weighted by molar-refractivity contribution is 5.71. The van der Waals surface area contributed by atoms with E-state index < -0.39 is 0 Å². The Morgan fingerprint density at radius 1 is 0.556 bits per heavy atom. The standard InChI is InChI=1S/C16H24N2/c1-5-11-17(12-6-1)15-9-3-4-10-16(15)18-13-7-2-8-14-18/h3-4,9-10H,1-2,5-8,11-14H2. The first-order chi connectivity index (χ1) is 8.95. The maximum atomic E-state index is 2.59. The van der Waals surface area contributed by atoms with Gasteiger partial charge < -0.3 is 9.80 Å². The van der Waals surface area contributed by atoms with Crippen LogP contribution in [0.4, 0.5) is 11.4 Å². The predicted octanol–water partition coefficient (Wildman–Crippen LogP) is 3.67. The fourth-order valence-corrected chi connectivity index (χ4v) is 3.27. The van der Waals surface area contributed by atoms with Crippen molar-refractivity contribution in [2.75, 3.05) is 36.0 Å². The van der Waals surface area contributed by atoms with Crippen molar-refractivity contribution in [2.45, 2.75) is 38.5 Å². The fourth-order valence-electron chi connectivity index (χ4n) is 3.27. The summed E-state index contributed by atoms with van der Waals surface area (Å²) in [5.41, 5.74) is 2.94. The second kappa shape index (κ2) is 5.64. The largest absolute Gasteiger partial charge is 0.370 e. The Balaban J connectivity index is 1.83. The van der Waals surface area contributed by atoms with Crippen LogP contribution in [-0.4, -0.2) is 26.2 Å². The van der Waals surface area contributed by atoms with E-state index in [1.807, 2.05) is 0 Å². The van der Waals surface area contributed by atoms with Gasteiger partial charge in [0.05, 0.1) is 11.4 Å². The second-order valence-corrected chi connectivity index (χ2v) is 5.58. The summed E-state index contributed by atoms with van der Waals surface area (Å²) in [6.45, 7) is 4.96. The summed E-state index contributed by atoms with van der Waals surface area (Å²) >= 11 is 0. The van der Waals surface area contributed by atoms with Crippen LogP contribution in [-0.2, 0) is 0 Å². The summed E-state index contributed by atoms with van der Waals surface area (Å²) in [7, 11) is 0. The lowest BCUT2D eigenvalue weighted by atomic mass is 10.1. The Morgan fingerprint density at radius 3 is 1.33 bits per heavy atom. The van der Waals surface area contributed by atoms with E-state index in [0.29, 0.717) is 0 Å². The first-order valence-electron chi connectivity index (χ1n) is 7.54. The molecule has 98 valence electrons. The number of benzene rings is 1. The minimum absolute atomic E-state index is 1.24. The smallest absolute Gasteiger partial charge is 0.0604 e. The molecule has 1 aromatic carbocycles. The normalized spacial score (nSPS) is 21.1.